The number of rotatable bonds is 2. The quantitative estimate of drug-likeness (QED) is 0.595. The molecule has 0 aliphatic carbocycles. The lowest BCUT2D eigenvalue weighted by atomic mass is 10.0. The summed E-state index contributed by atoms with van der Waals surface area (Å²) in [5.41, 5.74) is 1.54. The highest BCUT2D eigenvalue weighted by atomic mass is 16.7. The van der Waals surface area contributed by atoms with Gasteiger partial charge in [-0.25, -0.2) is 4.79 Å². The number of ether oxygens (including phenoxy) is 2. The number of oxime groups is 1. The zero-order valence-corrected chi connectivity index (χ0v) is 10.6. The van der Waals surface area contributed by atoms with Crippen molar-refractivity contribution in [3.05, 3.63) is 23.8 Å². The van der Waals surface area contributed by atoms with E-state index >= 15 is 0 Å². The Bertz CT molecular complexity index is 496. The summed E-state index contributed by atoms with van der Waals surface area (Å²) in [6.07, 6.45) is 0.589. The van der Waals surface area contributed by atoms with Crippen molar-refractivity contribution in [3.63, 3.8) is 0 Å². The molecule has 1 heterocycles. The average Bonchev–Trinajstić information content (AvgIpc) is 2.34. The van der Waals surface area contributed by atoms with E-state index in [4.69, 9.17) is 14.3 Å². The number of carbonyl (C=O) groups excluding carboxylic acids is 1. The zero-order chi connectivity index (χ0) is 13.1. The molecule has 2 rings (SSSR count). The summed E-state index contributed by atoms with van der Waals surface area (Å²) in [4.78, 5) is 15.5. The van der Waals surface area contributed by atoms with Crippen LogP contribution >= 0.6 is 0 Å². The Kier molecular flexibility index (Phi) is 3.50. The van der Waals surface area contributed by atoms with Gasteiger partial charge in [-0.1, -0.05) is 5.16 Å². The second-order valence-corrected chi connectivity index (χ2v) is 4.12. The van der Waals surface area contributed by atoms with Crippen LogP contribution in [0.15, 0.2) is 23.4 Å². The Hall–Kier alpha value is -2.04. The van der Waals surface area contributed by atoms with E-state index in [0.717, 1.165) is 11.3 Å². The van der Waals surface area contributed by atoms with Crippen molar-refractivity contribution >= 4 is 11.7 Å². The van der Waals surface area contributed by atoms with Gasteiger partial charge in [0.1, 0.15) is 17.6 Å². The van der Waals surface area contributed by atoms with E-state index in [2.05, 4.69) is 5.16 Å². The third-order valence-corrected chi connectivity index (χ3v) is 2.59. The molecule has 0 bridgehead atoms. The van der Waals surface area contributed by atoms with Crippen LogP contribution in [0.25, 0.3) is 0 Å². The van der Waals surface area contributed by atoms with Crippen LogP contribution in [-0.4, -0.2) is 24.9 Å². The summed E-state index contributed by atoms with van der Waals surface area (Å²) < 4.78 is 10.9. The van der Waals surface area contributed by atoms with Crippen LogP contribution in [0.5, 0.6) is 11.5 Å². The fourth-order valence-corrected chi connectivity index (χ4v) is 1.81. The van der Waals surface area contributed by atoms with Crippen molar-refractivity contribution in [2.24, 2.45) is 5.16 Å². The fraction of sp³-hybridized carbons (Fsp3) is 0.385. The minimum absolute atomic E-state index is 0.0149. The van der Waals surface area contributed by atoms with Crippen LogP contribution in [0.2, 0.25) is 0 Å². The Balaban J connectivity index is 2.36. The minimum atomic E-state index is -0.434. The van der Waals surface area contributed by atoms with Crippen molar-refractivity contribution in [1.29, 1.82) is 0 Å². The lowest BCUT2D eigenvalue weighted by Crippen LogP contribution is -2.25. The van der Waals surface area contributed by atoms with Gasteiger partial charge >= 0.3 is 5.97 Å². The van der Waals surface area contributed by atoms with Gasteiger partial charge in [-0.15, -0.1) is 0 Å². The van der Waals surface area contributed by atoms with Crippen molar-refractivity contribution < 1.29 is 19.1 Å². The standard InChI is InChI=1S/C13H15NO4/c1-8-6-12(14-18-9(2)15)11-5-4-10(16-3)7-13(11)17-8/h4-5,7-8H,6H2,1-3H3. The maximum atomic E-state index is 10.8. The molecule has 0 spiro atoms. The topological polar surface area (TPSA) is 57.1 Å². The van der Waals surface area contributed by atoms with Gasteiger partial charge < -0.3 is 14.3 Å². The summed E-state index contributed by atoms with van der Waals surface area (Å²) in [7, 11) is 1.60. The second kappa shape index (κ2) is 5.08. The number of nitrogens with zero attached hydrogens (tertiary/aromatic N) is 1. The first-order chi connectivity index (χ1) is 8.60. The van der Waals surface area contributed by atoms with Crippen molar-refractivity contribution in [2.45, 2.75) is 26.4 Å². The predicted octanol–water partition coefficient (Wildman–Crippen LogP) is 2.13. The van der Waals surface area contributed by atoms with Gasteiger partial charge in [0.05, 0.1) is 12.8 Å². The van der Waals surface area contributed by atoms with Crippen molar-refractivity contribution in [3.8, 4) is 11.5 Å². The largest absolute Gasteiger partial charge is 0.497 e. The van der Waals surface area contributed by atoms with Gasteiger partial charge in [0.2, 0.25) is 0 Å². The molecule has 0 saturated carbocycles. The monoisotopic (exact) mass is 249 g/mol. The number of carbonyl (C=O) groups is 1. The predicted molar refractivity (Wildman–Crippen MR) is 66.0 cm³/mol. The molecule has 0 aromatic heterocycles. The van der Waals surface area contributed by atoms with E-state index in [1.165, 1.54) is 6.92 Å². The van der Waals surface area contributed by atoms with Crippen LogP contribution in [0.1, 0.15) is 25.8 Å². The smallest absolute Gasteiger partial charge is 0.331 e. The van der Waals surface area contributed by atoms with Crippen LogP contribution in [0.3, 0.4) is 0 Å². The summed E-state index contributed by atoms with van der Waals surface area (Å²) in [5, 5.41) is 3.88. The van der Waals surface area contributed by atoms with Gasteiger partial charge in [0, 0.05) is 25.0 Å². The lowest BCUT2D eigenvalue weighted by molar-refractivity contribution is -0.140. The molecule has 1 atom stereocenters. The first-order valence-corrected chi connectivity index (χ1v) is 5.69. The number of fused-ring (bicyclic) bond motifs is 1. The Morgan fingerprint density at radius 3 is 2.94 bits per heavy atom. The molecule has 0 saturated heterocycles. The van der Waals surface area contributed by atoms with Crippen LogP contribution in [-0.2, 0) is 9.63 Å². The molecular weight excluding hydrogens is 234 g/mol. The van der Waals surface area contributed by atoms with E-state index in [1.54, 1.807) is 13.2 Å². The van der Waals surface area contributed by atoms with E-state index in [1.807, 2.05) is 19.1 Å². The summed E-state index contributed by atoms with van der Waals surface area (Å²) in [6, 6.07) is 5.47. The summed E-state index contributed by atoms with van der Waals surface area (Å²) in [5.74, 6) is 0.977. The molecule has 1 unspecified atom stereocenters. The molecule has 0 amide bonds. The normalized spacial score (nSPS) is 19.9. The molecule has 0 N–H and O–H groups in total. The fourth-order valence-electron chi connectivity index (χ4n) is 1.81. The van der Waals surface area contributed by atoms with E-state index in [0.29, 0.717) is 17.9 Å². The number of hydrogen-bond donors (Lipinski definition) is 0. The average molecular weight is 249 g/mol. The molecule has 0 radical (unpaired) electrons. The van der Waals surface area contributed by atoms with E-state index in [9.17, 15) is 4.79 Å². The SMILES string of the molecule is COc1ccc2c(c1)OC(C)CC2=NOC(C)=O. The Labute approximate surface area is 105 Å². The second-order valence-electron chi connectivity index (χ2n) is 4.12. The summed E-state index contributed by atoms with van der Waals surface area (Å²) >= 11 is 0. The maximum Gasteiger partial charge on any atom is 0.331 e. The molecular formula is C13H15NO4. The van der Waals surface area contributed by atoms with E-state index in [-0.39, 0.29) is 6.10 Å². The van der Waals surface area contributed by atoms with Crippen LogP contribution in [0.4, 0.5) is 0 Å². The first-order valence-electron chi connectivity index (χ1n) is 5.69. The minimum Gasteiger partial charge on any atom is -0.497 e. The molecule has 18 heavy (non-hydrogen) atoms. The number of methoxy groups -OCH3 is 1. The Morgan fingerprint density at radius 2 is 2.28 bits per heavy atom. The highest BCUT2D eigenvalue weighted by Gasteiger charge is 2.23. The van der Waals surface area contributed by atoms with Gasteiger partial charge in [-0.3, -0.25) is 0 Å². The van der Waals surface area contributed by atoms with Gasteiger partial charge in [0.15, 0.2) is 0 Å². The first kappa shape index (κ1) is 12.4. The van der Waals surface area contributed by atoms with Crippen LogP contribution in [0, 0.1) is 0 Å². The molecule has 1 aliphatic heterocycles. The van der Waals surface area contributed by atoms with Crippen LogP contribution < -0.4 is 9.47 Å². The van der Waals surface area contributed by atoms with Crippen molar-refractivity contribution in [2.75, 3.05) is 7.11 Å². The molecule has 1 aromatic rings. The van der Waals surface area contributed by atoms with Gasteiger partial charge in [0.25, 0.3) is 0 Å². The van der Waals surface area contributed by atoms with Crippen molar-refractivity contribution in [1.82, 2.24) is 0 Å². The highest BCUT2D eigenvalue weighted by Crippen LogP contribution is 2.31. The zero-order valence-electron chi connectivity index (χ0n) is 10.6. The van der Waals surface area contributed by atoms with Gasteiger partial charge in [-0.05, 0) is 19.1 Å². The summed E-state index contributed by atoms with van der Waals surface area (Å²) in [6.45, 7) is 3.26. The maximum absolute atomic E-state index is 10.8. The molecule has 96 valence electrons. The third kappa shape index (κ3) is 2.61. The molecule has 1 aliphatic rings. The number of hydrogen-bond acceptors (Lipinski definition) is 5. The highest BCUT2D eigenvalue weighted by molar-refractivity contribution is 6.04. The molecule has 5 heteroatoms. The Morgan fingerprint density at radius 1 is 1.50 bits per heavy atom. The molecule has 0 fully saturated rings. The number of benzene rings is 1. The lowest BCUT2D eigenvalue weighted by Gasteiger charge is -2.24. The third-order valence-electron chi connectivity index (χ3n) is 2.59. The van der Waals surface area contributed by atoms with Gasteiger partial charge in [-0.2, -0.15) is 0 Å². The molecule has 1 aromatic carbocycles. The van der Waals surface area contributed by atoms with E-state index < -0.39 is 5.97 Å². The molecule has 5 nitrogen and oxygen atoms in total.